The lowest BCUT2D eigenvalue weighted by Gasteiger charge is -2.09. The minimum atomic E-state index is 0.689. The molecule has 0 aliphatic carbocycles. The van der Waals surface area contributed by atoms with Gasteiger partial charge in [0.05, 0.1) is 5.52 Å². The normalized spacial score (nSPS) is 10.9. The molecule has 0 aliphatic heterocycles. The van der Waals surface area contributed by atoms with E-state index in [-0.39, 0.29) is 0 Å². The standard InChI is InChI=1S/C16H13BrClN3/c1-9-7-10(3-5-13(9)18)15-20-14-6-4-11(17)8-12(14)16(19-2)21-15/h3-8H,1-2H3,(H,19,20,21). The summed E-state index contributed by atoms with van der Waals surface area (Å²) in [4.78, 5) is 9.27. The van der Waals surface area contributed by atoms with Crippen LogP contribution < -0.4 is 5.32 Å². The average molecular weight is 363 g/mol. The zero-order valence-corrected chi connectivity index (χ0v) is 14.0. The van der Waals surface area contributed by atoms with Crippen LogP contribution in [-0.2, 0) is 0 Å². The van der Waals surface area contributed by atoms with E-state index in [9.17, 15) is 0 Å². The van der Waals surface area contributed by atoms with Crippen molar-refractivity contribution in [1.29, 1.82) is 0 Å². The fourth-order valence-electron chi connectivity index (χ4n) is 2.20. The molecule has 5 heteroatoms. The molecule has 0 saturated heterocycles. The molecule has 3 nitrogen and oxygen atoms in total. The van der Waals surface area contributed by atoms with Crippen LogP contribution in [0, 0.1) is 6.92 Å². The molecular weight excluding hydrogens is 350 g/mol. The summed E-state index contributed by atoms with van der Waals surface area (Å²) in [6.45, 7) is 1.98. The third-order valence-electron chi connectivity index (χ3n) is 3.31. The fourth-order valence-corrected chi connectivity index (χ4v) is 2.68. The summed E-state index contributed by atoms with van der Waals surface area (Å²) in [7, 11) is 1.86. The van der Waals surface area contributed by atoms with E-state index in [4.69, 9.17) is 11.6 Å². The maximum Gasteiger partial charge on any atom is 0.162 e. The van der Waals surface area contributed by atoms with Gasteiger partial charge in [-0.2, -0.15) is 0 Å². The van der Waals surface area contributed by atoms with Crippen molar-refractivity contribution in [2.75, 3.05) is 12.4 Å². The third kappa shape index (κ3) is 2.74. The minimum Gasteiger partial charge on any atom is -0.373 e. The summed E-state index contributed by atoms with van der Waals surface area (Å²) in [6.07, 6.45) is 0. The second-order valence-electron chi connectivity index (χ2n) is 4.77. The molecule has 3 rings (SSSR count). The smallest absolute Gasteiger partial charge is 0.162 e. The van der Waals surface area contributed by atoms with Gasteiger partial charge in [0.1, 0.15) is 5.82 Å². The second-order valence-corrected chi connectivity index (χ2v) is 6.09. The Kier molecular flexibility index (Phi) is 3.83. The molecule has 2 aromatic carbocycles. The number of nitrogens with zero attached hydrogens (tertiary/aromatic N) is 2. The van der Waals surface area contributed by atoms with Crippen molar-refractivity contribution < 1.29 is 0 Å². The Bertz CT molecular complexity index is 833. The van der Waals surface area contributed by atoms with Gasteiger partial charge in [0.15, 0.2) is 5.82 Å². The Morgan fingerprint density at radius 3 is 2.62 bits per heavy atom. The van der Waals surface area contributed by atoms with Crippen LogP contribution in [0.5, 0.6) is 0 Å². The van der Waals surface area contributed by atoms with Crippen LogP contribution in [0.15, 0.2) is 40.9 Å². The van der Waals surface area contributed by atoms with E-state index >= 15 is 0 Å². The van der Waals surface area contributed by atoms with Gasteiger partial charge in [-0.3, -0.25) is 0 Å². The number of fused-ring (bicyclic) bond motifs is 1. The number of halogens is 2. The third-order valence-corrected chi connectivity index (χ3v) is 4.23. The van der Waals surface area contributed by atoms with Gasteiger partial charge in [0.25, 0.3) is 0 Å². The zero-order valence-electron chi connectivity index (χ0n) is 11.6. The van der Waals surface area contributed by atoms with Gasteiger partial charge in [-0.1, -0.05) is 27.5 Å². The summed E-state index contributed by atoms with van der Waals surface area (Å²) in [6, 6.07) is 11.8. The molecule has 21 heavy (non-hydrogen) atoms. The number of nitrogens with one attached hydrogen (secondary N) is 1. The van der Waals surface area contributed by atoms with Gasteiger partial charge in [0, 0.05) is 27.5 Å². The van der Waals surface area contributed by atoms with Crippen LogP contribution >= 0.6 is 27.5 Å². The van der Waals surface area contributed by atoms with Gasteiger partial charge in [-0.25, -0.2) is 9.97 Å². The van der Waals surface area contributed by atoms with Gasteiger partial charge in [-0.05, 0) is 48.9 Å². The number of aromatic nitrogens is 2. The van der Waals surface area contributed by atoms with E-state index in [0.717, 1.165) is 37.3 Å². The predicted octanol–water partition coefficient (Wildman–Crippen LogP) is 5.06. The minimum absolute atomic E-state index is 0.689. The van der Waals surface area contributed by atoms with Crippen LogP contribution in [0.2, 0.25) is 5.02 Å². The van der Waals surface area contributed by atoms with Crippen molar-refractivity contribution in [2.45, 2.75) is 6.92 Å². The van der Waals surface area contributed by atoms with Crippen molar-refractivity contribution in [3.8, 4) is 11.4 Å². The molecule has 0 atom stereocenters. The molecule has 0 saturated carbocycles. The summed E-state index contributed by atoms with van der Waals surface area (Å²) >= 11 is 9.56. The van der Waals surface area contributed by atoms with E-state index in [1.165, 1.54) is 0 Å². The van der Waals surface area contributed by atoms with E-state index in [0.29, 0.717) is 5.82 Å². The predicted molar refractivity (Wildman–Crippen MR) is 92.0 cm³/mol. The molecule has 0 spiro atoms. The molecule has 106 valence electrons. The summed E-state index contributed by atoms with van der Waals surface area (Å²) in [5, 5.41) is 4.87. The summed E-state index contributed by atoms with van der Waals surface area (Å²) in [5.74, 6) is 1.50. The number of aryl methyl sites for hydroxylation is 1. The number of benzene rings is 2. The highest BCUT2D eigenvalue weighted by molar-refractivity contribution is 9.10. The van der Waals surface area contributed by atoms with Crippen LogP contribution in [-0.4, -0.2) is 17.0 Å². The molecule has 3 aromatic rings. The lowest BCUT2D eigenvalue weighted by Crippen LogP contribution is -1.99. The fraction of sp³-hybridized carbons (Fsp3) is 0.125. The highest BCUT2D eigenvalue weighted by Crippen LogP contribution is 2.28. The second kappa shape index (κ2) is 5.62. The average Bonchev–Trinajstić information content (AvgIpc) is 2.49. The quantitative estimate of drug-likeness (QED) is 0.692. The monoisotopic (exact) mass is 361 g/mol. The molecule has 1 aromatic heterocycles. The van der Waals surface area contributed by atoms with Crippen molar-refractivity contribution >= 4 is 44.3 Å². The molecule has 0 unspecified atom stereocenters. The molecule has 1 N–H and O–H groups in total. The van der Waals surface area contributed by atoms with E-state index in [2.05, 4.69) is 31.2 Å². The Hall–Kier alpha value is -1.65. The number of hydrogen-bond donors (Lipinski definition) is 1. The van der Waals surface area contributed by atoms with E-state index in [1.54, 1.807) is 0 Å². The van der Waals surface area contributed by atoms with Gasteiger partial charge < -0.3 is 5.32 Å². The lowest BCUT2D eigenvalue weighted by molar-refractivity contribution is 1.21. The molecular formula is C16H13BrClN3. The molecule has 0 fully saturated rings. The first-order valence-corrected chi connectivity index (χ1v) is 7.67. The highest BCUT2D eigenvalue weighted by Gasteiger charge is 2.10. The maximum absolute atomic E-state index is 6.08. The Labute approximate surface area is 136 Å². The van der Waals surface area contributed by atoms with E-state index < -0.39 is 0 Å². The lowest BCUT2D eigenvalue weighted by atomic mass is 10.1. The molecule has 1 heterocycles. The molecule has 0 amide bonds. The van der Waals surface area contributed by atoms with Gasteiger partial charge >= 0.3 is 0 Å². The van der Waals surface area contributed by atoms with Crippen LogP contribution in [0.1, 0.15) is 5.56 Å². The Morgan fingerprint density at radius 2 is 1.90 bits per heavy atom. The zero-order chi connectivity index (χ0) is 15.0. The van der Waals surface area contributed by atoms with E-state index in [1.807, 2.05) is 50.4 Å². The first kappa shape index (κ1) is 14.3. The Morgan fingerprint density at radius 1 is 1.10 bits per heavy atom. The maximum atomic E-state index is 6.08. The topological polar surface area (TPSA) is 37.8 Å². The summed E-state index contributed by atoms with van der Waals surface area (Å²) < 4.78 is 1.00. The van der Waals surface area contributed by atoms with Crippen LogP contribution in [0.25, 0.3) is 22.3 Å². The van der Waals surface area contributed by atoms with Crippen molar-refractivity contribution in [3.05, 3.63) is 51.5 Å². The van der Waals surface area contributed by atoms with Gasteiger partial charge in [-0.15, -0.1) is 0 Å². The number of anilines is 1. The van der Waals surface area contributed by atoms with Crippen LogP contribution in [0.4, 0.5) is 5.82 Å². The van der Waals surface area contributed by atoms with Crippen molar-refractivity contribution in [1.82, 2.24) is 9.97 Å². The first-order valence-electron chi connectivity index (χ1n) is 6.50. The number of rotatable bonds is 2. The molecule has 0 bridgehead atoms. The highest BCUT2D eigenvalue weighted by atomic mass is 79.9. The molecule has 0 radical (unpaired) electrons. The van der Waals surface area contributed by atoms with Crippen molar-refractivity contribution in [2.24, 2.45) is 0 Å². The Balaban J connectivity index is 2.23. The molecule has 0 aliphatic rings. The SMILES string of the molecule is CNc1nc(-c2ccc(Cl)c(C)c2)nc2ccc(Br)cc12. The first-order chi connectivity index (χ1) is 10.1. The summed E-state index contributed by atoms with van der Waals surface area (Å²) in [5.41, 5.74) is 2.87. The van der Waals surface area contributed by atoms with Crippen LogP contribution in [0.3, 0.4) is 0 Å². The largest absolute Gasteiger partial charge is 0.373 e. The number of hydrogen-bond acceptors (Lipinski definition) is 3. The van der Waals surface area contributed by atoms with Gasteiger partial charge in [0.2, 0.25) is 0 Å². The van der Waals surface area contributed by atoms with Crippen molar-refractivity contribution in [3.63, 3.8) is 0 Å².